The van der Waals surface area contributed by atoms with Crippen LogP contribution < -0.4 is 10.2 Å². The Bertz CT molecular complexity index is 542. The van der Waals surface area contributed by atoms with E-state index < -0.39 is 0 Å². The van der Waals surface area contributed by atoms with Gasteiger partial charge in [0.25, 0.3) is 0 Å². The average Bonchev–Trinajstić information content (AvgIpc) is 3.13. The molecule has 96 valence electrons. The summed E-state index contributed by atoms with van der Waals surface area (Å²) in [6.45, 7) is 2.09. The Labute approximate surface area is 108 Å². The van der Waals surface area contributed by atoms with E-state index >= 15 is 0 Å². The first-order valence-electron chi connectivity index (χ1n) is 6.59. The van der Waals surface area contributed by atoms with Crippen molar-refractivity contribution in [1.82, 2.24) is 14.9 Å². The first kappa shape index (κ1) is 11.5. The van der Waals surface area contributed by atoms with Gasteiger partial charge in [-0.25, -0.2) is 4.98 Å². The Kier molecular flexibility index (Phi) is 2.96. The molecule has 4 heteroatoms. The fourth-order valence-electron chi connectivity index (χ4n) is 2.21. The van der Waals surface area contributed by atoms with Gasteiger partial charge in [0, 0.05) is 38.9 Å². The van der Waals surface area contributed by atoms with Gasteiger partial charge >= 0.3 is 0 Å². The molecule has 0 atom stereocenters. The number of hydrogen-bond acceptors (Lipinski definition) is 3. The molecule has 18 heavy (non-hydrogen) atoms. The van der Waals surface area contributed by atoms with Crippen LogP contribution in [0.1, 0.15) is 12.8 Å². The predicted octanol–water partition coefficient (Wildman–Crippen LogP) is 1.76. The molecule has 1 aromatic heterocycles. The summed E-state index contributed by atoms with van der Waals surface area (Å²) in [4.78, 5) is 6.68. The Morgan fingerprint density at radius 2 is 2.28 bits per heavy atom. The van der Waals surface area contributed by atoms with E-state index in [0.717, 1.165) is 24.6 Å². The number of aromatic nitrogens is 2. The van der Waals surface area contributed by atoms with Gasteiger partial charge in [-0.3, -0.25) is 0 Å². The zero-order valence-corrected chi connectivity index (χ0v) is 11.1. The fraction of sp³-hybridized carbons (Fsp3) is 0.500. The van der Waals surface area contributed by atoms with Gasteiger partial charge in [0.15, 0.2) is 0 Å². The molecule has 3 rings (SSSR count). The maximum absolute atomic E-state index is 4.40. The summed E-state index contributed by atoms with van der Waals surface area (Å²) in [6, 6.07) is 7.26. The number of anilines is 1. The number of nitrogens with zero attached hydrogens (tertiary/aromatic N) is 3. The van der Waals surface area contributed by atoms with Crippen LogP contribution in [0.4, 0.5) is 5.69 Å². The van der Waals surface area contributed by atoms with Crippen LogP contribution in [0.25, 0.3) is 11.0 Å². The van der Waals surface area contributed by atoms with Crippen LogP contribution in [-0.2, 0) is 7.05 Å². The van der Waals surface area contributed by atoms with Gasteiger partial charge in [-0.05, 0) is 31.0 Å². The molecular weight excluding hydrogens is 224 g/mol. The van der Waals surface area contributed by atoms with Crippen LogP contribution >= 0.6 is 0 Å². The topological polar surface area (TPSA) is 33.1 Å². The molecule has 1 saturated carbocycles. The molecule has 1 aromatic carbocycles. The molecule has 1 N–H and O–H groups in total. The highest BCUT2D eigenvalue weighted by molar-refractivity contribution is 5.79. The standard InChI is InChI=1S/C14H20N4/c1-17(8-7-15-11-3-4-11)12-5-6-14-13(9-12)16-10-18(14)2/h5-6,9-11,15H,3-4,7-8H2,1-2H3. The SMILES string of the molecule is CN(CCNC1CC1)c1ccc2c(c1)ncn2C. The number of nitrogens with one attached hydrogen (secondary N) is 1. The lowest BCUT2D eigenvalue weighted by Gasteiger charge is -2.19. The lowest BCUT2D eigenvalue weighted by atomic mass is 10.2. The largest absolute Gasteiger partial charge is 0.373 e. The zero-order valence-electron chi connectivity index (χ0n) is 11.1. The third kappa shape index (κ3) is 2.34. The number of hydrogen-bond donors (Lipinski definition) is 1. The summed E-state index contributed by atoms with van der Waals surface area (Å²) in [6.07, 6.45) is 4.57. The summed E-state index contributed by atoms with van der Waals surface area (Å²) in [5.74, 6) is 0. The van der Waals surface area contributed by atoms with Crippen molar-refractivity contribution in [3.05, 3.63) is 24.5 Å². The molecule has 0 saturated heterocycles. The van der Waals surface area contributed by atoms with E-state index in [-0.39, 0.29) is 0 Å². The summed E-state index contributed by atoms with van der Waals surface area (Å²) in [5.41, 5.74) is 3.49. The highest BCUT2D eigenvalue weighted by atomic mass is 15.1. The maximum atomic E-state index is 4.40. The van der Waals surface area contributed by atoms with Crippen molar-refractivity contribution in [2.75, 3.05) is 25.0 Å². The van der Waals surface area contributed by atoms with E-state index in [1.54, 1.807) is 0 Å². The van der Waals surface area contributed by atoms with Crippen LogP contribution in [0.3, 0.4) is 0 Å². The van der Waals surface area contributed by atoms with E-state index in [4.69, 9.17) is 0 Å². The molecule has 1 aliphatic rings. The Morgan fingerprint density at radius 1 is 1.44 bits per heavy atom. The van der Waals surface area contributed by atoms with E-state index in [2.05, 4.69) is 40.4 Å². The van der Waals surface area contributed by atoms with Crippen molar-refractivity contribution in [3.8, 4) is 0 Å². The van der Waals surface area contributed by atoms with Crippen LogP contribution in [-0.4, -0.2) is 35.7 Å². The predicted molar refractivity (Wildman–Crippen MR) is 75.0 cm³/mol. The van der Waals surface area contributed by atoms with Gasteiger partial charge in [0.1, 0.15) is 0 Å². The van der Waals surface area contributed by atoms with Crippen LogP contribution in [0, 0.1) is 0 Å². The van der Waals surface area contributed by atoms with Crippen molar-refractivity contribution in [2.45, 2.75) is 18.9 Å². The fourth-order valence-corrected chi connectivity index (χ4v) is 2.21. The highest BCUT2D eigenvalue weighted by Gasteiger charge is 2.19. The molecule has 1 fully saturated rings. The van der Waals surface area contributed by atoms with Crippen LogP contribution in [0.15, 0.2) is 24.5 Å². The third-order valence-electron chi connectivity index (χ3n) is 3.61. The van der Waals surface area contributed by atoms with Crippen molar-refractivity contribution in [3.63, 3.8) is 0 Å². The Hall–Kier alpha value is -1.55. The molecule has 2 aromatic rings. The minimum Gasteiger partial charge on any atom is -0.373 e. The molecule has 4 nitrogen and oxygen atoms in total. The highest BCUT2D eigenvalue weighted by Crippen LogP contribution is 2.20. The quantitative estimate of drug-likeness (QED) is 0.870. The Morgan fingerprint density at radius 3 is 3.06 bits per heavy atom. The molecule has 0 bridgehead atoms. The zero-order chi connectivity index (χ0) is 12.5. The number of benzene rings is 1. The molecule has 0 aliphatic heterocycles. The monoisotopic (exact) mass is 244 g/mol. The second-order valence-electron chi connectivity index (χ2n) is 5.18. The normalized spacial score (nSPS) is 15.2. The molecular formula is C14H20N4. The van der Waals surface area contributed by atoms with Crippen molar-refractivity contribution in [1.29, 1.82) is 0 Å². The second-order valence-corrected chi connectivity index (χ2v) is 5.18. The minimum atomic E-state index is 0.789. The molecule has 0 radical (unpaired) electrons. The van der Waals surface area contributed by atoms with Crippen LogP contribution in [0.5, 0.6) is 0 Å². The minimum absolute atomic E-state index is 0.789. The number of rotatable bonds is 5. The van der Waals surface area contributed by atoms with Crippen molar-refractivity contribution >= 4 is 16.7 Å². The van der Waals surface area contributed by atoms with Gasteiger partial charge in [0.2, 0.25) is 0 Å². The summed E-state index contributed by atoms with van der Waals surface area (Å²) >= 11 is 0. The lowest BCUT2D eigenvalue weighted by Crippen LogP contribution is -2.30. The van der Waals surface area contributed by atoms with Crippen LogP contribution in [0.2, 0.25) is 0 Å². The molecule has 1 aliphatic carbocycles. The average molecular weight is 244 g/mol. The smallest absolute Gasteiger partial charge is 0.0955 e. The molecule has 0 unspecified atom stereocenters. The summed E-state index contributed by atoms with van der Waals surface area (Å²) in [7, 11) is 4.16. The van der Waals surface area contributed by atoms with E-state index in [1.165, 1.54) is 24.0 Å². The first-order chi connectivity index (χ1) is 8.74. The molecule has 1 heterocycles. The maximum Gasteiger partial charge on any atom is 0.0955 e. The summed E-state index contributed by atoms with van der Waals surface area (Å²) < 4.78 is 2.05. The molecule has 0 amide bonds. The lowest BCUT2D eigenvalue weighted by molar-refractivity contribution is 0.675. The number of imidazole rings is 1. The number of aryl methyl sites for hydroxylation is 1. The third-order valence-corrected chi connectivity index (χ3v) is 3.61. The van der Waals surface area contributed by atoms with Gasteiger partial charge in [-0.1, -0.05) is 0 Å². The number of fused-ring (bicyclic) bond motifs is 1. The second kappa shape index (κ2) is 4.61. The van der Waals surface area contributed by atoms with E-state index in [1.807, 2.05) is 17.9 Å². The van der Waals surface area contributed by atoms with Crippen molar-refractivity contribution in [2.24, 2.45) is 7.05 Å². The number of likely N-dealkylation sites (N-methyl/N-ethyl adjacent to an activating group) is 1. The first-order valence-corrected chi connectivity index (χ1v) is 6.59. The van der Waals surface area contributed by atoms with Gasteiger partial charge in [-0.2, -0.15) is 0 Å². The van der Waals surface area contributed by atoms with E-state index in [0.29, 0.717) is 0 Å². The van der Waals surface area contributed by atoms with Gasteiger partial charge in [-0.15, -0.1) is 0 Å². The van der Waals surface area contributed by atoms with E-state index in [9.17, 15) is 0 Å². The van der Waals surface area contributed by atoms with Gasteiger partial charge in [0.05, 0.1) is 17.4 Å². The molecule has 0 spiro atoms. The van der Waals surface area contributed by atoms with Crippen molar-refractivity contribution < 1.29 is 0 Å². The van der Waals surface area contributed by atoms with Gasteiger partial charge < -0.3 is 14.8 Å². The summed E-state index contributed by atoms with van der Waals surface area (Å²) in [5, 5.41) is 3.54. The Balaban J connectivity index is 1.67.